The lowest BCUT2D eigenvalue weighted by Gasteiger charge is -2.35. The van der Waals surface area contributed by atoms with Gasteiger partial charge in [-0.05, 0) is 24.1 Å². The second kappa shape index (κ2) is 7.37. The molecule has 5 rings (SSSR count). The van der Waals surface area contributed by atoms with E-state index in [1.54, 1.807) is 0 Å². The zero-order chi connectivity index (χ0) is 19.8. The number of hydrogen-bond donors (Lipinski definition) is 1. The molecule has 0 spiro atoms. The number of nitrogens with zero attached hydrogens (tertiary/aromatic N) is 3. The summed E-state index contributed by atoms with van der Waals surface area (Å²) in [5.41, 5.74) is 4.23. The predicted molar refractivity (Wildman–Crippen MR) is 113 cm³/mol. The van der Waals surface area contributed by atoms with Gasteiger partial charge in [-0.25, -0.2) is 0 Å². The molecule has 1 aliphatic rings. The quantitative estimate of drug-likeness (QED) is 0.584. The highest BCUT2D eigenvalue weighted by Gasteiger charge is 2.29. The normalized spacial score (nSPS) is 17.3. The number of nitrogens with one attached hydrogen (secondary N) is 1. The number of aryl methyl sites for hydroxylation is 1. The molecule has 0 bridgehead atoms. The van der Waals surface area contributed by atoms with Crippen molar-refractivity contribution in [2.45, 2.75) is 18.9 Å². The lowest BCUT2D eigenvalue weighted by molar-refractivity contribution is -0.139. The molecule has 1 fully saturated rings. The van der Waals surface area contributed by atoms with Crippen molar-refractivity contribution in [3.05, 3.63) is 66.0 Å². The van der Waals surface area contributed by atoms with Gasteiger partial charge < -0.3 is 14.6 Å². The van der Waals surface area contributed by atoms with Gasteiger partial charge in [-0.15, -0.1) is 0 Å². The summed E-state index contributed by atoms with van der Waals surface area (Å²) >= 11 is 0. The Morgan fingerprint density at radius 1 is 1.17 bits per heavy atom. The van der Waals surface area contributed by atoms with Crippen LogP contribution in [0.15, 0.2) is 54.7 Å². The molecule has 1 atom stereocenters. The van der Waals surface area contributed by atoms with Crippen LogP contribution in [0.4, 0.5) is 0 Å². The number of hydrogen-bond acceptors (Lipinski definition) is 3. The summed E-state index contributed by atoms with van der Waals surface area (Å²) in [4.78, 5) is 18.5. The molecule has 6 heteroatoms. The molecule has 1 N–H and O–H groups in total. The van der Waals surface area contributed by atoms with Gasteiger partial charge >= 0.3 is 0 Å². The smallest absolute Gasteiger partial charge is 0.229 e. The number of carbonyl (C=O) groups excluding carboxylic acids is 1. The van der Waals surface area contributed by atoms with Gasteiger partial charge in [0.15, 0.2) is 0 Å². The van der Waals surface area contributed by atoms with Crippen LogP contribution in [0.1, 0.15) is 11.3 Å². The molecule has 0 saturated carbocycles. The zero-order valence-electron chi connectivity index (χ0n) is 16.5. The van der Waals surface area contributed by atoms with Gasteiger partial charge in [-0.3, -0.25) is 9.48 Å². The number of amides is 1. The van der Waals surface area contributed by atoms with Crippen LogP contribution in [0.25, 0.3) is 21.8 Å². The number of rotatable bonds is 4. The fourth-order valence-corrected chi connectivity index (χ4v) is 4.37. The summed E-state index contributed by atoms with van der Waals surface area (Å²) in [7, 11) is 1.92. The number of H-pyrrole nitrogens is 1. The minimum absolute atomic E-state index is 0.0328. The fraction of sp³-hybridized carbons (Fsp3) is 0.304. The molecular formula is C23H24N4O2. The number of aromatic amines is 1. The summed E-state index contributed by atoms with van der Waals surface area (Å²) in [6.45, 7) is 1.77. The van der Waals surface area contributed by atoms with Crippen LogP contribution in [0.3, 0.4) is 0 Å². The van der Waals surface area contributed by atoms with Crippen LogP contribution < -0.4 is 0 Å². The number of morpholine rings is 1. The van der Waals surface area contributed by atoms with Crippen LogP contribution in [0.2, 0.25) is 0 Å². The molecule has 4 aromatic rings. The molecule has 1 aliphatic heterocycles. The summed E-state index contributed by atoms with van der Waals surface area (Å²) in [5, 5.41) is 6.85. The van der Waals surface area contributed by atoms with Crippen molar-refractivity contribution in [2.75, 3.05) is 19.8 Å². The number of aromatic nitrogens is 3. The Hall–Kier alpha value is -3.12. The highest BCUT2D eigenvalue weighted by molar-refractivity contribution is 5.88. The van der Waals surface area contributed by atoms with Crippen LogP contribution in [0.5, 0.6) is 0 Å². The number of carbonyl (C=O) groups is 1. The van der Waals surface area contributed by atoms with E-state index >= 15 is 0 Å². The highest BCUT2D eigenvalue weighted by atomic mass is 16.5. The van der Waals surface area contributed by atoms with E-state index < -0.39 is 0 Å². The van der Waals surface area contributed by atoms with E-state index in [-0.39, 0.29) is 11.9 Å². The largest absolute Gasteiger partial charge is 0.377 e. The topological polar surface area (TPSA) is 63.1 Å². The maximum atomic E-state index is 13.2. The van der Waals surface area contributed by atoms with Crippen molar-refractivity contribution in [1.29, 1.82) is 0 Å². The van der Waals surface area contributed by atoms with Crippen molar-refractivity contribution in [3.8, 4) is 0 Å². The Morgan fingerprint density at radius 2 is 1.97 bits per heavy atom. The van der Waals surface area contributed by atoms with Crippen molar-refractivity contribution >= 4 is 27.7 Å². The molecule has 2 aromatic heterocycles. The van der Waals surface area contributed by atoms with Crippen molar-refractivity contribution in [3.63, 3.8) is 0 Å². The Kier molecular flexibility index (Phi) is 4.56. The number of fused-ring (bicyclic) bond motifs is 2. The third-order valence-corrected chi connectivity index (χ3v) is 5.83. The van der Waals surface area contributed by atoms with Gasteiger partial charge in [0.2, 0.25) is 5.91 Å². The molecule has 1 amide bonds. The van der Waals surface area contributed by atoms with E-state index in [2.05, 4.69) is 22.2 Å². The van der Waals surface area contributed by atoms with Gasteiger partial charge in [-0.1, -0.05) is 36.4 Å². The molecular weight excluding hydrogens is 364 g/mol. The Morgan fingerprint density at radius 3 is 2.86 bits per heavy atom. The summed E-state index contributed by atoms with van der Waals surface area (Å²) in [6, 6.07) is 16.4. The molecule has 2 aromatic carbocycles. The molecule has 0 radical (unpaired) electrons. The van der Waals surface area contributed by atoms with Crippen LogP contribution in [-0.2, 0) is 29.4 Å². The van der Waals surface area contributed by atoms with Crippen molar-refractivity contribution < 1.29 is 9.53 Å². The van der Waals surface area contributed by atoms with Crippen molar-refractivity contribution in [2.24, 2.45) is 7.05 Å². The second-order valence-corrected chi connectivity index (χ2v) is 7.64. The zero-order valence-corrected chi connectivity index (χ0v) is 16.5. The highest BCUT2D eigenvalue weighted by Crippen LogP contribution is 2.23. The summed E-state index contributed by atoms with van der Waals surface area (Å²) in [6.07, 6.45) is 3.14. The first-order valence-electron chi connectivity index (χ1n) is 10.0. The lowest BCUT2D eigenvalue weighted by Crippen LogP contribution is -2.50. The molecule has 148 valence electrons. The van der Waals surface area contributed by atoms with E-state index in [1.807, 2.05) is 59.2 Å². The van der Waals surface area contributed by atoms with Crippen LogP contribution in [0, 0.1) is 0 Å². The van der Waals surface area contributed by atoms with Gasteiger partial charge in [0, 0.05) is 36.1 Å². The molecule has 3 heterocycles. The minimum Gasteiger partial charge on any atom is -0.377 e. The molecule has 1 unspecified atom stereocenters. The van der Waals surface area contributed by atoms with Gasteiger partial charge in [-0.2, -0.15) is 5.10 Å². The first-order valence-corrected chi connectivity index (χ1v) is 10.0. The minimum atomic E-state index is 0.0328. The van der Waals surface area contributed by atoms with E-state index in [0.717, 1.165) is 28.5 Å². The summed E-state index contributed by atoms with van der Waals surface area (Å²) < 4.78 is 7.57. The molecule has 1 saturated heterocycles. The SMILES string of the molecule is Cn1nc(CC(=O)N2CCOCC2Cc2c[nH]c3ccccc23)c2ccccc21. The van der Waals surface area contributed by atoms with Crippen LogP contribution in [-0.4, -0.2) is 51.4 Å². The molecule has 29 heavy (non-hydrogen) atoms. The van der Waals surface area contributed by atoms with Gasteiger partial charge in [0.1, 0.15) is 0 Å². The van der Waals surface area contributed by atoms with E-state index in [9.17, 15) is 4.79 Å². The second-order valence-electron chi connectivity index (χ2n) is 7.64. The van der Waals surface area contributed by atoms with Crippen molar-refractivity contribution in [1.82, 2.24) is 19.7 Å². The predicted octanol–water partition coefficient (Wildman–Crippen LogP) is 3.07. The van der Waals surface area contributed by atoms with Crippen LogP contribution >= 0.6 is 0 Å². The molecule has 0 aliphatic carbocycles. The average Bonchev–Trinajstić information content (AvgIpc) is 3.30. The van der Waals surface area contributed by atoms with E-state index in [1.165, 1.54) is 10.9 Å². The van der Waals surface area contributed by atoms with Gasteiger partial charge in [0.05, 0.1) is 36.9 Å². The third kappa shape index (κ3) is 3.29. The Labute approximate surface area is 169 Å². The number of para-hydroxylation sites is 2. The van der Waals surface area contributed by atoms with E-state index in [4.69, 9.17) is 4.74 Å². The lowest BCUT2D eigenvalue weighted by atomic mass is 10.0. The molecule has 6 nitrogen and oxygen atoms in total. The maximum Gasteiger partial charge on any atom is 0.229 e. The van der Waals surface area contributed by atoms with E-state index in [0.29, 0.717) is 26.2 Å². The first-order chi connectivity index (χ1) is 14.2. The maximum absolute atomic E-state index is 13.2. The third-order valence-electron chi connectivity index (χ3n) is 5.83. The first kappa shape index (κ1) is 17.9. The number of ether oxygens (including phenoxy) is 1. The fourth-order valence-electron chi connectivity index (χ4n) is 4.37. The monoisotopic (exact) mass is 388 g/mol. The Bertz CT molecular complexity index is 1180. The summed E-state index contributed by atoms with van der Waals surface area (Å²) in [5.74, 6) is 0.113. The average molecular weight is 388 g/mol. The standard InChI is InChI=1S/C23H24N4O2/c1-26-22-9-5-3-7-19(22)21(25-26)13-23(28)27-10-11-29-15-17(27)12-16-14-24-20-8-4-2-6-18(16)20/h2-9,14,17,24H,10-13,15H2,1H3. The Balaban J connectivity index is 1.38. The number of benzene rings is 2. The van der Waals surface area contributed by atoms with Gasteiger partial charge in [0.25, 0.3) is 0 Å².